The molecule has 0 bridgehead atoms. The molecule has 1 aliphatic rings. The van der Waals surface area contributed by atoms with E-state index in [4.69, 9.17) is 15.0 Å². The second-order valence-corrected chi connectivity index (χ2v) is 10.3. The fraction of sp³-hybridized carbons (Fsp3) is 0.0357. The smallest absolute Gasteiger partial charge is 0.140 e. The Kier molecular flexibility index (Phi) is 4.53. The summed E-state index contributed by atoms with van der Waals surface area (Å²) in [6.07, 6.45) is 3.01. The molecule has 0 fully saturated rings. The third-order valence-electron chi connectivity index (χ3n) is 5.96. The predicted molar refractivity (Wildman–Crippen MR) is 144 cm³/mol. The molecule has 1 N–H and O–H groups in total. The topological polar surface area (TPSA) is 53.9 Å². The van der Waals surface area contributed by atoms with Crippen molar-refractivity contribution < 1.29 is 0 Å². The summed E-state index contributed by atoms with van der Waals surface area (Å²) >= 11 is 3.42. The number of aromatic nitrogens is 3. The molecular formula is C28H18N4S2. The van der Waals surface area contributed by atoms with Crippen LogP contribution >= 0.6 is 22.7 Å². The standard InChI is InChI=1S/C28H18N4S2/c1-3-10-25-21(8-1)31-27(33-25)23-14-12-19(29-23)17-6-5-7-18(16-17)20-13-15-24(30-20)28-32-22-9-2-4-11-26(22)34-28/h1-14,16,29H,15H2. The molecule has 0 saturated carbocycles. The highest BCUT2D eigenvalue weighted by atomic mass is 32.1. The van der Waals surface area contributed by atoms with Crippen molar-refractivity contribution in [2.24, 2.45) is 4.99 Å². The molecule has 0 amide bonds. The van der Waals surface area contributed by atoms with E-state index in [1.165, 1.54) is 9.40 Å². The van der Waals surface area contributed by atoms with Crippen LogP contribution in [0.2, 0.25) is 0 Å². The molecule has 0 saturated heterocycles. The number of H-pyrrole nitrogens is 1. The molecular weight excluding hydrogens is 456 g/mol. The molecule has 0 radical (unpaired) electrons. The van der Waals surface area contributed by atoms with Crippen molar-refractivity contribution in [1.29, 1.82) is 0 Å². The first-order chi connectivity index (χ1) is 16.8. The van der Waals surface area contributed by atoms with Gasteiger partial charge in [-0.2, -0.15) is 0 Å². The summed E-state index contributed by atoms with van der Waals surface area (Å²) in [7, 11) is 0. The average molecular weight is 475 g/mol. The summed E-state index contributed by atoms with van der Waals surface area (Å²) < 4.78 is 2.40. The van der Waals surface area contributed by atoms with Crippen LogP contribution < -0.4 is 0 Å². The maximum absolute atomic E-state index is 4.94. The van der Waals surface area contributed by atoms with E-state index >= 15 is 0 Å². The number of hydrogen-bond acceptors (Lipinski definition) is 5. The minimum atomic E-state index is 0.809. The summed E-state index contributed by atoms with van der Waals surface area (Å²) in [6, 6.07) is 29.3. The van der Waals surface area contributed by atoms with Gasteiger partial charge in [0.2, 0.25) is 0 Å². The molecule has 0 spiro atoms. The number of benzene rings is 3. The van der Waals surface area contributed by atoms with Gasteiger partial charge < -0.3 is 4.98 Å². The Bertz CT molecular complexity index is 1680. The van der Waals surface area contributed by atoms with E-state index in [1.54, 1.807) is 22.7 Å². The highest BCUT2D eigenvalue weighted by molar-refractivity contribution is 7.21. The van der Waals surface area contributed by atoms with Crippen LogP contribution in [-0.4, -0.2) is 20.7 Å². The molecule has 34 heavy (non-hydrogen) atoms. The van der Waals surface area contributed by atoms with E-state index in [-0.39, 0.29) is 0 Å². The van der Waals surface area contributed by atoms with Gasteiger partial charge in [0.05, 0.1) is 37.5 Å². The van der Waals surface area contributed by atoms with Crippen molar-refractivity contribution in [3.05, 3.63) is 102 Å². The number of nitrogens with one attached hydrogen (secondary N) is 1. The highest BCUT2D eigenvalue weighted by Gasteiger charge is 2.17. The lowest BCUT2D eigenvalue weighted by Crippen LogP contribution is -1.94. The van der Waals surface area contributed by atoms with E-state index < -0.39 is 0 Å². The van der Waals surface area contributed by atoms with Crippen LogP contribution in [0, 0.1) is 0 Å². The lowest BCUT2D eigenvalue weighted by molar-refractivity contribution is 1.36. The second kappa shape index (κ2) is 7.87. The van der Waals surface area contributed by atoms with Crippen LogP contribution in [0.5, 0.6) is 0 Å². The Morgan fingerprint density at radius 2 is 1.32 bits per heavy atom. The monoisotopic (exact) mass is 474 g/mol. The Balaban J connectivity index is 1.18. The molecule has 0 unspecified atom stereocenters. The Morgan fingerprint density at radius 3 is 2.12 bits per heavy atom. The van der Waals surface area contributed by atoms with Crippen LogP contribution in [-0.2, 0) is 0 Å². The first-order valence-electron chi connectivity index (χ1n) is 11.1. The second-order valence-electron chi connectivity index (χ2n) is 8.19. The molecule has 1 aliphatic heterocycles. The summed E-state index contributed by atoms with van der Waals surface area (Å²) in [6.45, 7) is 0. The van der Waals surface area contributed by atoms with Gasteiger partial charge in [-0.1, -0.05) is 48.5 Å². The Labute approximate surface area is 204 Å². The summed E-state index contributed by atoms with van der Waals surface area (Å²) in [5, 5.41) is 2.01. The number of fused-ring (bicyclic) bond motifs is 2. The van der Waals surface area contributed by atoms with Gasteiger partial charge in [0.15, 0.2) is 0 Å². The molecule has 4 heterocycles. The molecule has 162 valence electrons. The van der Waals surface area contributed by atoms with Crippen LogP contribution in [0.3, 0.4) is 0 Å². The van der Waals surface area contributed by atoms with Crippen LogP contribution in [0.25, 0.3) is 48.1 Å². The van der Waals surface area contributed by atoms with Gasteiger partial charge in [0.25, 0.3) is 0 Å². The number of thiazole rings is 2. The number of hydrogen-bond donors (Lipinski definition) is 1. The summed E-state index contributed by atoms with van der Waals surface area (Å²) in [5.74, 6) is 0. The minimum absolute atomic E-state index is 0.809. The average Bonchev–Trinajstić information content (AvgIpc) is 3.67. The lowest BCUT2D eigenvalue weighted by atomic mass is 10.1. The molecule has 0 atom stereocenters. The predicted octanol–water partition coefficient (Wildman–Crippen LogP) is 7.80. The quantitative estimate of drug-likeness (QED) is 0.283. The zero-order valence-corrected chi connectivity index (χ0v) is 19.7. The first-order valence-corrected chi connectivity index (χ1v) is 12.7. The van der Waals surface area contributed by atoms with Gasteiger partial charge in [-0.05, 0) is 48.0 Å². The molecule has 4 nitrogen and oxygen atoms in total. The fourth-order valence-electron chi connectivity index (χ4n) is 4.26. The van der Waals surface area contributed by atoms with Gasteiger partial charge >= 0.3 is 0 Å². The van der Waals surface area contributed by atoms with Crippen molar-refractivity contribution in [2.75, 3.05) is 0 Å². The number of aliphatic imine (C=N–C) groups is 1. The number of nitrogens with zero attached hydrogens (tertiary/aromatic N) is 3. The van der Waals surface area contributed by atoms with E-state index in [2.05, 4.69) is 83.9 Å². The van der Waals surface area contributed by atoms with Gasteiger partial charge in [-0.15, -0.1) is 22.7 Å². The zero-order chi connectivity index (χ0) is 22.5. The zero-order valence-electron chi connectivity index (χ0n) is 18.0. The van der Waals surface area contributed by atoms with E-state index in [0.29, 0.717) is 0 Å². The summed E-state index contributed by atoms with van der Waals surface area (Å²) in [5.41, 5.74) is 8.49. The normalized spacial score (nSPS) is 13.5. The molecule has 7 rings (SSSR count). The number of aromatic amines is 1. The third-order valence-corrected chi connectivity index (χ3v) is 8.12. The Morgan fingerprint density at radius 1 is 0.647 bits per heavy atom. The summed E-state index contributed by atoms with van der Waals surface area (Å²) in [4.78, 5) is 18.1. The van der Waals surface area contributed by atoms with Crippen LogP contribution in [0.15, 0.2) is 96.0 Å². The van der Waals surface area contributed by atoms with Crippen LogP contribution in [0.4, 0.5) is 0 Å². The Hall–Kier alpha value is -3.87. The SMILES string of the molecule is C1=C(c2cccc(-c3ccc(-c4nc5ccccc5s4)[nH]3)c2)N=C(c2nc3ccccc3s2)C1. The van der Waals surface area contributed by atoms with Crippen molar-refractivity contribution in [2.45, 2.75) is 6.42 Å². The van der Waals surface area contributed by atoms with Crippen molar-refractivity contribution in [3.8, 4) is 22.0 Å². The molecule has 6 heteroatoms. The molecule has 3 aromatic heterocycles. The van der Waals surface area contributed by atoms with E-state index in [0.717, 1.165) is 61.4 Å². The van der Waals surface area contributed by atoms with Gasteiger partial charge in [-0.25, -0.2) is 15.0 Å². The van der Waals surface area contributed by atoms with Crippen molar-refractivity contribution >= 4 is 54.5 Å². The molecule has 3 aromatic carbocycles. The number of rotatable bonds is 4. The number of para-hydroxylation sites is 2. The molecule has 0 aliphatic carbocycles. The lowest BCUT2D eigenvalue weighted by Gasteiger charge is -2.03. The largest absolute Gasteiger partial charge is 0.353 e. The first kappa shape index (κ1) is 19.6. The number of allylic oxidation sites excluding steroid dienone is 1. The van der Waals surface area contributed by atoms with Gasteiger partial charge in [-0.3, -0.25) is 0 Å². The van der Waals surface area contributed by atoms with Crippen molar-refractivity contribution in [3.63, 3.8) is 0 Å². The third kappa shape index (κ3) is 3.39. The van der Waals surface area contributed by atoms with Crippen LogP contribution in [0.1, 0.15) is 17.0 Å². The van der Waals surface area contributed by atoms with E-state index in [9.17, 15) is 0 Å². The molecule has 6 aromatic rings. The highest BCUT2D eigenvalue weighted by Crippen LogP contribution is 2.33. The van der Waals surface area contributed by atoms with E-state index in [1.807, 2.05) is 12.1 Å². The maximum atomic E-state index is 4.94. The fourth-order valence-corrected chi connectivity index (χ4v) is 6.18. The van der Waals surface area contributed by atoms with Gasteiger partial charge in [0, 0.05) is 17.7 Å². The van der Waals surface area contributed by atoms with Crippen molar-refractivity contribution in [1.82, 2.24) is 15.0 Å². The minimum Gasteiger partial charge on any atom is -0.353 e. The maximum Gasteiger partial charge on any atom is 0.140 e. The van der Waals surface area contributed by atoms with Gasteiger partial charge in [0.1, 0.15) is 10.0 Å².